The van der Waals surface area contributed by atoms with Gasteiger partial charge in [0.2, 0.25) is 0 Å². The first-order valence-corrected chi connectivity index (χ1v) is 4.28. The van der Waals surface area contributed by atoms with Gasteiger partial charge in [0, 0.05) is 5.92 Å². The van der Waals surface area contributed by atoms with Gasteiger partial charge < -0.3 is 0 Å². The lowest BCUT2D eigenvalue weighted by Crippen LogP contribution is -2.04. The Labute approximate surface area is 63.0 Å². The molecular formula is C9H15N. The van der Waals surface area contributed by atoms with E-state index in [1.54, 1.807) is 0 Å². The van der Waals surface area contributed by atoms with Gasteiger partial charge in [-0.15, -0.1) is 0 Å². The quantitative estimate of drug-likeness (QED) is 0.574. The normalized spacial score (nSPS) is 32.0. The molecule has 0 spiro atoms. The molecule has 0 radical (unpaired) electrons. The second-order valence-electron chi connectivity index (χ2n) is 3.22. The topological polar surface area (TPSA) is 23.8 Å². The molecular weight excluding hydrogens is 122 g/mol. The minimum absolute atomic E-state index is 0.389. The fraction of sp³-hybridized carbons (Fsp3) is 0.889. The van der Waals surface area contributed by atoms with Gasteiger partial charge in [0.15, 0.2) is 0 Å². The van der Waals surface area contributed by atoms with Crippen molar-refractivity contribution in [1.82, 2.24) is 0 Å². The van der Waals surface area contributed by atoms with E-state index in [2.05, 4.69) is 13.0 Å². The van der Waals surface area contributed by atoms with E-state index in [1.807, 2.05) is 0 Å². The number of hydrogen-bond acceptors (Lipinski definition) is 1. The Hall–Kier alpha value is -0.510. The van der Waals surface area contributed by atoms with Gasteiger partial charge in [-0.2, -0.15) is 5.26 Å². The Morgan fingerprint density at radius 1 is 1.50 bits per heavy atom. The Morgan fingerprint density at radius 2 is 2.30 bits per heavy atom. The molecule has 0 aromatic heterocycles. The van der Waals surface area contributed by atoms with E-state index in [4.69, 9.17) is 5.26 Å². The molecule has 1 fully saturated rings. The van der Waals surface area contributed by atoms with Gasteiger partial charge in [0.1, 0.15) is 0 Å². The van der Waals surface area contributed by atoms with Crippen LogP contribution < -0.4 is 0 Å². The van der Waals surface area contributed by atoms with E-state index < -0.39 is 0 Å². The molecule has 56 valence electrons. The molecule has 1 nitrogen and oxygen atoms in total. The van der Waals surface area contributed by atoms with Gasteiger partial charge in [0.25, 0.3) is 0 Å². The SMILES string of the molecule is CCCC1CCCC1C#N. The molecule has 0 bridgehead atoms. The molecule has 1 saturated carbocycles. The summed E-state index contributed by atoms with van der Waals surface area (Å²) >= 11 is 0. The first-order valence-electron chi connectivity index (χ1n) is 4.28. The molecule has 10 heavy (non-hydrogen) atoms. The van der Waals surface area contributed by atoms with Crippen LogP contribution >= 0.6 is 0 Å². The first kappa shape index (κ1) is 7.60. The second-order valence-corrected chi connectivity index (χ2v) is 3.22. The minimum Gasteiger partial charge on any atom is -0.198 e. The fourth-order valence-electron chi connectivity index (χ4n) is 1.92. The summed E-state index contributed by atoms with van der Waals surface area (Å²) < 4.78 is 0. The predicted octanol–water partition coefficient (Wildman–Crippen LogP) is 2.73. The summed E-state index contributed by atoms with van der Waals surface area (Å²) in [6.07, 6.45) is 6.23. The summed E-state index contributed by atoms with van der Waals surface area (Å²) in [5.41, 5.74) is 0. The van der Waals surface area contributed by atoms with Gasteiger partial charge in [0.05, 0.1) is 6.07 Å². The standard InChI is InChI=1S/C9H15N/c1-2-4-8-5-3-6-9(8)7-10/h8-9H,2-6H2,1H3. The summed E-state index contributed by atoms with van der Waals surface area (Å²) in [7, 11) is 0. The lowest BCUT2D eigenvalue weighted by molar-refractivity contribution is 0.429. The third-order valence-corrected chi connectivity index (χ3v) is 2.48. The zero-order chi connectivity index (χ0) is 7.40. The van der Waals surface area contributed by atoms with Crippen LogP contribution in [0.5, 0.6) is 0 Å². The van der Waals surface area contributed by atoms with Gasteiger partial charge >= 0.3 is 0 Å². The van der Waals surface area contributed by atoms with Crippen LogP contribution in [-0.4, -0.2) is 0 Å². The fourth-order valence-corrected chi connectivity index (χ4v) is 1.92. The van der Waals surface area contributed by atoms with Gasteiger partial charge in [-0.05, 0) is 25.2 Å². The Bertz CT molecular complexity index is 134. The third-order valence-electron chi connectivity index (χ3n) is 2.48. The van der Waals surface area contributed by atoms with Gasteiger partial charge in [-0.1, -0.05) is 19.8 Å². The molecule has 0 aliphatic heterocycles. The van der Waals surface area contributed by atoms with Gasteiger partial charge in [-0.3, -0.25) is 0 Å². The van der Waals surface area contributed by atoms with Crippen LogP contribution in [0.3, 0.4) is 0 Å². The highest BCUT2D eigenvalue weighted by molar-refractivity contribution is 4.91. The van der Waals surface area contributed by atoms with E-state index in [0.29, 0.717) is 5.92 Å². The van der Waals surface area contributed by atoms with Crippen molar-refractivity contribution in [3.8, 4) is 6.07 Å². The van der Waals surface area contributed by atoms with Crippen LogP contribution in [0.2, 0.25) is 0 Å². The summed E-state index contributed by atoms with van der Waals surface area (Å²) in [5.74, 6) is 1.12. The van der Waals surface area contributed by atoms with Crippen molar-refractivity contribution in [3.05, 3.63) is 0 Å². The molecule has 1 rings (SSSR count). The zero-order valence-corrected chi connectivity index (χ0v) is 6.64. The largest absolute Gasteiger partial charge is 0.198 e. The molecule has 0 aromatic rings. The van der Waals surface area contributed by atoms with Crippen LogP contribution in [0.1, 0.15) is 39.0 Å². The van der Waals surface area contributed by atoms with Crippen LogP contribution in [0.4, 0.5) is 0 Å². The zero-order valence-electron chi connectivity index (χ0n) is 6.64. The van der Waals surface area contributed by atoms with Crippen molar-refractivity contribution in [2.45, 2.75) is 39.0 Å². The lowest BCUT2D eigenvalue weighted by atomic mass is 9.93. The lowest BCUT2D eigenvalue weighted by Gasteiger charge is -2.10. The molecule has 0 aromatic carbocycles. The van der Waals surface area contributed by atoms with Crippen molar-refractivity contribution in [2.75, 3.05) is 0 Å². The number of hydrogen-bond donors (Lipinski definition) is 0. The number of nitrogens with zero attached hydrogens (tertiary/aromatic N) is 1. The van der Waals surface area contributed by atoms with E-state index in [0.717, 1.165) is 12.3 Å². The van der Waals surface area contributed by atoms with E-state index >= 15 is 0 Å². The maximum Gasteiger partial charge on any atom is 0.0658 e. The number of rotatable bonds is 2. The molecule has 1 aliphatic carbocycles. The van der Waals surface area contributed by atoms with E-state index in [-0.39, 0.29) is 0 Å². The van der Waals surface area contributed by atoms with Crippen LogP contribution in [0.25, 0.3) is 0 Å². The summed E-state index contributed by atoms with van der Waals surface area (Å²) in [6, 6.07) is 2.40. The first-order chi connectivity index (χ1) is 4.88. The Morgan fingerprint density at radius 3 is 2.90 bits per heavy atom. The predicted molar refractivity (Wildman–Crippen MR) is 41.4 cm³/mol. The Kier molecular flexibility index (Phi) is 2.74. The van der Waals surface area contributed by atoms with E-state index in [9.17, 15) is 0 Å². The maximum atomic E-state index is 8.71. The minimum atomic E-state index is 0.389. The highest BCUT2D eigenvalue weighted by Crippen LogP contribution is 2.33. The monoisotopic (exact) mass is 137 g/mol. The Balaban J connectivity index is 2.36. The molecule has 1 heteroatoms. The average molecular weight is 137 g/mol. The summed E-state index contributed by atoms with van der Waals surface area (Å²) in [6.45, 7) is 2.20. The molecule has 1 aliphatic rings. The van der Waals surface area contributed by atoms with Gasteiger partial charge in [-0.25, -0.2) is 0 Å². The molecule has 0 N–H and O–H groups in total. The van der Waals surface area contributed by atoms with Crippen molar-refractivity contribution in [2.24, 2.45) is 11.8 Å². The molecule has 2 atom stereocenters. The molecule has 0 saturated heterocycles. The highest BCUT2D eigenvalue weighted by Gasteiger charge is 2.25. The molecule has 0 heterocycles. The summed E-state index contributed by atoms with van der Waals surface area (Å²) in [5, 5.41) is 8.71. The molecule has 0 amide bonds. The smallest absolute Gasteiger partial charge is 0.0658 e. The van der Waals surface area contributed by atoms with Crippen LogP contribution in [-0.2, 0) is 0 Å². The van der Waals surface area contributed by atoms with Crippen molar-refractivity contribution >= 4 is 0 Å². The maximum absolute atomic E-state index is 8.71. The van der Waals surface area contributed by atoms with Crippen molar-refractivity contribution < 1.29 is 0 Å². The third kappa shape index (κ3) is 1.50. The molecule has 2 unspecified atom stereocenters. The van der Waals surface area contributed by atoms with E-state index in [1.165, 1.54) is 25.7 Å². The van der Waals surface area contributed by atoms with Crippen molar-refractivity contribution in [1.29, 1.82) is 5.26 Å². The summed E-state index contributed by atoms with van der Waals surface area (Å²) in [4.78, 5) is 0. The highest BCUT2D eigenvalue weighted by atomic mass is 14.3. The van der Waals surface area contributed by atoms with Crippen molar-refractivity contribution in [3.63, 3.8) is 0 Å². The second kappa shape index (κ2) is 3.61. The average Bonchev–Trinajstić information content (AvgIpc) is 2.36. The van der Waals surface area contributed by atoms with Crippen LogP contribution in [0.15, 0.2) is 0 Å². The van der Waals surface area contributed by atoms with Crippen LogP contribution in [0, 0.1) is 23.2 Å². The number of nitriles is 1.